The van der Waals surface area contributed by atoms with Crippen molar-refractivity contribution in [2.75, 3.05) is 39.9 Å². The van der Waals surface area contributed by atoms with Gasteiger partial charge in [-0.15, -0.1) is 0 Å². The van der Waals surface area contributed by atoms with Crippen molar-refractivity contribution in [1.29, 1.82) is 0 Å². The van der Waals surface area contributed by atoms with Crippen LogP contribution in [0.5, 0.6) is 5.75 Å². The molecule has 0 saturated carbocycles. The lowest BCUT2D eigenvalue weighted by atomic mass is 10.1. The number of guanidine groups is 1. The van der Waals surface area contributed by atoms with Crippen LogP contribution < -0.4 is 10.1 Å². The summed E-state index contributed by atoms with van der Waals surface area (Å²) in [4.78, 5) is 7.01. The fourth-order valence-corrected chi connectivity index (χ4v) is 2.97. The molecule has 0 aliphatic carbocycles. The van der Waals surface area contributed by atoms with Crippen molar-refractivity contribution >= 4 is 5.96 Å². The van der Waals surface area contributed by atoms with Crippen LogP contribution in [0.25, 0.3) is 0 Å². The topological polar surface area (TPSA) is 46.1 Å². The molecule has 0 spiro atoms. The van der Waals surface area contributed by atoms with Gasteiger partial charge in [-0.05, 0) is 51.3 Å². The molecule has 1 aromatic rings. The summed E-state index contributed by atoms with van der Waals surface area (Å²) >= 11 is 0. The minimum Gasteiger partial charge on any atom is -0.491 e. The van der Waals surface area contributed by atoms with E-state index >= 15 is 0 Å². The third-order valence-corrected chi connectivity index (χ3v) is 4.21. The predicted octanol–water partition coefficient (Wildman–Crippen LogP) is 2.95. The smallest absolute Gasteiger partial charge is 0.193 e. The minimum atomic E-state index is 0.207. The maximum absolute atomic E-state index is 5.68. The lowest BCUT2D eigenvalue weighted by molar-refractivity contribution is 0.181. The van der Waals surface area contributed by atoms with Crippen LogP contribution >= 0.6 is 0 Å². The van der Waals surface area contributed by atoms with Gasteiger partial charge in [0.25, 0.3) is 0 Å². The molecule has 2 rings (SSSR count). The van der Waals surface area contributed by atoms with Crippen LogP contribution in [-0.2, 0) is 11.2 Å². The van der Waals surface area contributed by atoms with E-state index in [0.717, 1.165) is 57.4 Å². The molecule has 5 nitrogen and oxygen atoms in total. The largest absolute Gasteiger partial charge is 0.491 e. The molecule has 0 amide bonds. The zero-order valence-electron chi connectivity index (χ0n) is 16.1. The van der Waals surface area contributed by atoms with Crippen LogP contribution in [0.1, 0.15) is 32.8 Å². The molecule has 1 aliphatic heterocycles. The van der Waals surface area contributed by atoms with Crippen molar-refractivity contribution in [2.45, 2.75) is 39.7 Å². The Morgan fingerprint density at radius 1 is 1.36 bits per heavy atom. The molecule has 0 aromatic heterocycles. The summed E-state index contributed by atoms with van der Waals surface area (Å²) in [7, 11) is 2.11. The zero-order chi connectivity index (χ0) is 18.1. The number of nitrogens with zero attached hydrogens (tertiary/aromatic N) is 2. The van der Waals surface area contributed by atoms with Crippen molar-refractivity contribution < 1.29 is 9.47 Å². The summed E-state index contributed by atoms with van der Waals surface area (Å²) in [5.41, 5.74) is 1.28. The molecule has 1 saturated heterocycles. The molecule has 1 unspecified atom stereocenters. The second-order valence-electron chi connectivity index (χ2n) is 6.91. The van der Waals surface area contributed by atoms with E-state index in [4.69, 9.17) is 14.5 Å². The van der Waals surface area contributed by atoms with E-state index in [-0.39, 0.29) is 6.10 Å². The van der Waals surface area contributed by atoms with Gasteiger partial charge in [-0.2, -0.15) is 0 Å². The summed E-state index contributed by atoms with van der Waals surface area (Å²) < 4.78 is 11.2. The molecule has 1 fully saturated rings. The van der Waals surface area contributed by atoms with Gasteiger partial charge in [-0.25, -0.2) is 0 Å². The summed E-state index contributed by atoms with van der Waals surface area (Å²) in [5, 5.41) is 3.39. The van der Waals surface area contributed by atoms with Gasteiger partial charge in [-0.1, -0.05) is 12.1 Å². The van der Waals surface area contributed by atoms with Gasteiger partial charge in [0, 0.05) is 39.2 Å². The highest BCUT2D eigenvalue weighted by atomic mass is 16.5. The molecule has 1 atom stereocenters. The molecular formula is C20H33N3O2. The third-order valence-electron chi connectivity index (χ3n) is 4.21. The van der Waals surface area contributed by atoms with E-state index in [1.165, 1.54) is 5.56 Å². The van der Waals surface area contributed by atoms with Crippen LogP contribution in [0.15, 0.2) is 29.3 Å². The molecular weight excluding hydrogens is 314 g/mol. The molecule has 1 N–H and O–H groups in total. The Balaban J connectivity index is 1.85. The normalized spacial score (nSPS) is 17.8. The molecule has 0 radical (unpaired) electrons. The van der Waals surface area contributed by atoms with Crippen molar-refractivity contribution in [3.63, 3.8) is 0 Å². The molecule has 1 aromatic carbocycles. The number of aliphatic imine (C=N–C) groups is 1. The maximum atomic E-state index is 5.68. The van der Waals surface area contributed by atoms with Crippen molar-refractivity contribution in [3.05, 3.63) is 29.8 Å². The summed E-state index contributed by atoms with van der Waals surface area (Å²) in [6.07, 6.45) is 2.28. The number of hydrogen-bond donors (Lipinski definition) is 1. The highest BCUT2D eigenvalue weighted by molar-refractivity contribution is 5.79. The maximum Gasteiger partial charge on any atom is 0.193 e. The lowest BCUT2D eigenvalue weighted by Gasteiger charge is -2.24. The second kappa shape index (κ2) is 10.3. The SMILES string of the molecule is CCNC(=NCCc1ccc(OC(C)C)cc1)N(C)CC1CCOC1. The van der Waals surface area contributed by atoms with E-state index < -0.39 is 0 Å². The van der Waals surface area contributed by atoms with Crippen LogP contribution in [0.3, 0.4) is 0 Å². The minimum absolute atomic E-state index is 0.207. The fourth-order valence-electron chi connectivity index (χ4n) is 2.97. The first kappa shape index (κ1) is 19.6. The Labute approximate surface area is 152 Å². The van der Waals surface area contributed by atoms with Gasteiger partial charge in [-0.3, -0.25) is 4.99 Å². The molecule has 25 heavy (non-hydrogen) atoms. The summed E-state index contributed by atoms with van der Waals surface area (Å²) in [6, 6.07) is 8.33. The highest BCUT2D eigenvalue weighted by Crippen LogP contribution is 2.15. The van der Waals surface area contributed by atoms with E-state index in [0.29, 0.717) is 5.92 Å². The van der Waals surface area contributed by atoms with E-state index in [1.807, 2.05) is 26.0 Å². The molecule has 140 valence electrons. The average Bonchev–Trinajstić information content (AvgIpc) is 3.08. The van der Waals surface area contributed by atoms with Crippen molar-refractivity contribution in [1.82, 2.24) is 10.2 Å². The Morgan fingerprint density at radius 3 is 2.72 bits per heavy atom. The van der Waals surface area contributed by atoms with Crippen LogP contribution in [0.4, 0.5) is 0 Å². The van der Waals surface area contributed by atoms with Gasteiger partial charge in [0.05, 0.1) is 12.7 Å². The standard InChI is InChI=1S/C20H33N3O2/c1-5-21-20(23(4)14-18-11-13-24-15-18)22-12-10-17-6-8-19(9-7-17)25-16(2)3/h6-9,16,18H,5,10-15H2,1-4H3,(H,21,22). The van der Waals surface area contributed by atoms with Gasteiger partial charge in [0.2, 0.25) is 0 Å². The van der Waals surface area contributed by atoms with E-state index in [1.54, 1.807) is 0 Å². The number of nitrogens with one attached hydrogen (secondary N) is 1. The lowest BCUT2D eigenvalue weighted by Crippen LogP contribution is -2.41. The van der Waals surface area contributed by atoms with Crippen molar-refractivity contribution in [2.24, 2.45) is 10.9 Å². The van der Waals surface area contributed by atoms with Crippen molar-refractivity contribution in [3.8, 4) is 5.75 Å². The Hall–Kier alpha value is -1.75. The third kappa shape index (κ3) is 6.94. The van der Waals surface area contributed by atoms with Crippen LogP contribution in [-0.4, -0.2) is 56.9 Å². The molecule has 1 aliphatic rings. The molecule has 1 heterocycles. The first-order chi connectivity index (χ1) is 12.1. The van der Waals surface area contributed by atoms with Gasteiger partial charge in [0.1, 0.15) is 5.75 Å². The number of hydrogen-bond acceptors (Lipinski definition) is 3. The Kier molecular flexibility index (Phi) is 8.06. The summed E-state index contributed by atoms with van der Waals surface area (Å²) in [5.74, 6) is 2.52. The number of rotatable bonds is 8. The van der Waals surface area contributed by atoms with Crippen LogP contribution in [0.2, 0.25) is 0 Å². The number of ether oxygens (including phenoxy) is 2. The monoisotopic (exact) mass is 347 g/mol. The van der Waals surface area contributed by atoms with E-state index in [9.17, 15) is 0 Å². The second-order valence-corrected chi connectivity index (χ2v) is 6.91. The first-order valence-corrected chi connectivity index (χ1v) is 9.41. The van der Waals surface area contributed by atoms with Gasteiger partial charge >= 0.3 is 0 Å². The average molecular weight is 348 g/mol. The fraction of sp³-hybridized carbons (Fsp3) is 0.650. The van der Waals surface area contributed by atoms with Gasteiger partial charge < -0.3 is 19.7 Å². The Bertz CT molecular complexity index is 522. The predicted molar refractivity (Wildman–Crippen MR) is 103 cm³/mol. The van der Waals surface area contributed by atoms with Crippen LogP contribution in [0, 0.1) is 5.92 Å². The summed E-state index contributed by atoms with van der Waals surface area (Å²) in [6.45, 7) is 10.6. The highest BCUT2D eigenvalue weighted by Gasteiger charge is 2.18. The van der Waals surface area contributed by atoms with Gasteiger partial charge in [0.15, 0.2) is 5.96 Å². The zero-order valence-corrected chi connectivity index (χ0v) is 16.1. The first-order valence-electron chi connectivity index (χ1n) is 9.41. The molecule has 0 bridgehead atoms. The molecule has 5 heteroatoms. The van der Waals surface area contributed by atoms with E-state index in [2.05, 4.69) is 36.3 Å². The quantitative estimate of drug-likeness (QED) is 0.580. The Morgan fingerprint density at radius 2 is 2.12 bits per heavy atom. The number of benzene rings is 1.